The number of carbonyl (C=O) groups is 1. The van der Waals surface area contributed by atoms with Gasteiger partial charge in [-0.05, 0) is 88.4 Å². The molecule has 0 spiro atoms. The number of nitrogens with zero attached hydrogens (tertiary/aromatic N) is 1. The molecular formula is C26H43NO2. The van der Waals surface area contributed by atoms with Crippen LogP contribution in [-0.4, -0.2) is 12.1 Å². The Bertz CT molecular complexity index is 542. The second kappa shape index (κ2) is 10.8. The zero-order valence-corrected chi connectivity index (χ0v) is 19.0. The Hall–Kier alpha value is -1.04. The maximum Gasteiger partial charge on any atom is 0.309 e. The number of carbonyl (C=O) groups excluding carboxylic acids is 1. The zero-order valence-electron chi connectivity index (χ0n) is 19.0. The van der Waals surface area contributed by atoms with Gasteiger partial charge in [0.05, 0.1) is 17.4 Å². The monoisotopic (exact) mass is 401 g/mol. The Morgan fingerprint density at radius 3 is 2.03 bits per heavy atom. The largest absolute Gasteiger partial charge is 0.462 e. The highest BCUT2D eigenvalue weighted by molar-refractivity contribution is 5.72. The van der Waals surface area contributed by atoms with E-state index in [0.29, 0.717) is 0 Å². The molecule has 3 nitrogen and oxygen atoms in total. The van der Waals surface area contributed by atoms with Gasteiger partial charge in [0.25, 0.3) is 0 Å². The first-order valence-corrected chi connectivity index (χ1v) is 12.7. The molecule has 0 aromatic heterocycles. The Morgan fingerprint density at radius 2 is 1.52 bits per heavy atom. The smallest absolute Gasteiger partial charge is 0.309 e. The van der Waals surface area contributed by atoms with Crippen molar-refractivity contribution < 1.29 is 9.53 Å². The molecule has 3 rings (SSSR count). The molecule has 3 saturated carbocycles. The first kappa shape index (κ1) is 22.6. The van der Waals surface area contributed by atoms with E-state index in [0.717, 1.165) is 75.5 Å². The van der Waals surface area contributed by atoms with E-state index in [1.54, 1.807) is 0 Å². The van der Waals surface area contributed by atoms with Gasteiger partial charge >= 0.3 is 5.97 Å². The van der Waals surface area contributed by atoms with Gasteiger partial charge in [-0.3, -0.25) is 4.79 Å². The van der Waals surface area contributed by atoms with Crippen LogP contribution in [0.25, 0.3) is 0 Å². The second-order valence-corrected chi connectivity index (χ2v) is 10.4. The molecule has 0 aromatic carbocycles. The van der Waals surface area contributed by atoms with Crippen LogP contribution in [0.3, 0.4) is 0 Å². The van der Waals surface area contributed by atoms with Gasteiger partial charge in [0.2, 0.25) is 0 Å². The van der Waals surface area contributed by atoms with Crippen LogP contribution in [0.4, 0.5) is 0 Å². The molecule has 3 fully saturated rings. The standard InChI is InChI=1S/C26H43NO2/c1-3-5-16-26(19-27)17-14-24(15-18-26)29-25(28)23-12-10-22(11-13-23)21-8-6-20(4-2)7-9-21/h20-24H,3-18H2,1-2H3. The molecule has 0 unspecified atom stereocenters. The molecular weight excluding hydrogens is 358 g/mol. The SMILES string of the molecule is CCCCC1(C#N)CCC(OC(=O)C2CCC(C3CCC(CC)CC3)CC2)CC1. The van der Waals surface area contributed by atoms with E-state index in [1.807, 2.05) is 0 Å². The van der Waals surface area contributed by atoms with Crippen LogP contribution < -0.4 is 0 Å². The fourth-order valence-corrected chi connectivity index (χ4v) is 6.35. The minimum atomic E-state index is -0.159. The minimum absolute atomic E-state index is 0.0487. The third-order valence-electron chi connectivity index (χ3n) is 8.66. The Kier molecular flexibility index (Phi) is 8.45. The van der Waals surface area contributed by atoms with Crippen LogP contribution in [0.2, 0.25) is 0 Å². The molecule has 0 bridgehead atoms. The lowest BCUT2D eigenvalue weighted by Gasteiger charge is -2.38. The van der Waals surface area contributed by atoms with Crippen LogP contribution in [-0.2, 0) is 9.53 Å². The van der Waals surface area contributed by atoms with Crippen LogP contribution in [0.1, 0.15) is 117 Å². The third kappa shape index (κ3) is 5.99. The van der Waals surface area contributed by atoms with Gasteiger partial charge in [0, 0.05) is 0 Å². The van der Waals surface area contributed by atoms with Gasteiger partial charge < -0.3 is 4.74 Å². The molecule has 0 heterocycles. The highest BCUT2D eigenvalue weighted by Gasteiger charge is 2.38. The minimum Gasteiger partial charge on any atom is -0.462 e. The van der Waals surface area contributed by atoms with Crippen molar-refractivity contribution in [2.45, 2.75) is 123 Å². The summed E-state index contributed by atoms with van der Waals surface area (Å²) in [7, 11) is 0. The molecule has 0 aromatic rings. The van der Waals surface area contributed by atoms with E-state index in [2.05, 4.69) is 19.9 Å². The second-order valence-electron chi connectivity index (χ2n) is 10.4. The van der Waals surface area contributed by atoms with Gasteiger partial charge in [0.1, 0.15) is 6.10 Å². The van der Waals surface area contributed by atoms with Crippen LogP contribution in [0.5, 0.6) is 0 Å². The van der Waals surface area contributed by atoms with Crippen molar-refractivity contribution in [3.63, 3.8) is 0 Å². The van der Waals surface area contributed by atoms with E-state index in [9.17, 15) is 10.1 Å². The average molecular weight is 402 g/mol. The van der Waals surface area contributed by atoms with Crippen molar-refractivity contribution >= 4 is 5.97 Å². The molecule has 29 heavy (non-hydrogen) atoms. The number of rotatable bonds is 7. The summed E-state index contributed by atoms with van der Waals surface area (Å²) in [5.74, 6) is 2.91. The first-order valence-electron chi connectivity index (χ1n) is 12.7. The average Bonchev–Trinajstić information content (AvgIpc) is 2.79. The fourth-order valence-electron chi connectivity index (χ4n) is 6.35. The lowest BCUT2D eigenvalue weighted by molar-refractivity contribution is -0.158. The number of hydrogen-bond donors (Lipinski definition) is 0. The van der Waals surface area contributed by atoms with Gasteiger partial charge in [-0.25, -0.2) is 0 Å². The number of ether oxygens (including phenoxy) is 1. The summed E-state index contributed by atoms with van der Waals surface area (Å²) in [5.41, 5.74) is -0.159. The van der Waals surface area contributed by atoms with E-state index in [1.165, 1.54) is 44.9 Å². The summed E-state index contributed by atoms with van der Waals surface area (Å²) in [6.07, 6.45) is 18.4. The van der Waals surface area contributed by atoms with E-state index in [4.69, 9.17) is 4.74 Å². The predicted octanol–water partition coefficient (Wildman–Crippen LogP) is 7.20. The van der Waals surface area contributed by atoms with Gasteiger partial charge in [-0.1, -0.05) is 46.0 Å². The maximum atomic E-state index is 12.7. The van der Waals surface area contributed by atoms with Crippen LogP contribution in [0.15, 0.2) is 0 Å². The molecule has 0 amide bonds. The van der Waals surface area contributed by atoms with Crippen molar-refractivity contribution in [3.05, 3.63) is 0 Å². The molecule has 3 aliphatic rings. The topological polar surface area (TPSA) is 50.1 Å². The summed E-state index contributed by atoms with van der Waals surface area (Å²) in [6, 6.07) is 2.59. The maximum absolute atomic E-state index is 12.7. The Morgan fingerprint density at radius 1 is 0.931 bits per heavy atom. The van der Waals surface area contributed by atoms with Gasteiger partial charge in [-0.15, -0.1) is 0 Å². The van der Waals surface area contributed by atoms with Crippen molar-refractivity contribution in [1.82, 2.24) is 0 Å². The van der Waals surface area contributed by atoms with Gasteiger partial charge in [-0.2, -0.15) is 5.26 Å². The molecule has 0 radical (unpaired) electrons. The number of hydrogen-bond acceptors (Lipinski definition) is 3. The van der Waals surface area contributed by atoms with E-state index in [-0.39, 0.29) is 23.4 Å². The quantitative estimate of drug-likeness (QED) is 0.424. The highest BCUT2D eigenvalue weighted by atomic mass is 16.5. The van der Waals surface area contributed by atoms with Gasteiger partial charge in [0.15, 0.2) is 0 Å². The number of esters is 1. The normalized spacial score (nSPS) is 38.2. The molecule has 164 valence electrons. The predicted molar refractivity (Wildman–Crippen MR) is 117 cm³/mol. The summed E-state index contributed by atoms with van der Waals surface area (Å²) >= 11 is 0. The van der Waals surface area contributed by atoms with Crippen molar-refractivity contribution in [1.29, 1.82) is 5.26 Å². The number of unbranched alkanes of at least 4 members (excludes halogenated alkanes) is 1. The Labute approximate surface area is 179 Å². The molecule has 0 atom stereocenters. The summed E-state index contributed by atoms with van der Waals surface area (Å²) in [4.78, 5) is 12.7. The molecule has 3 heteroatoms. The van der Waals surface area contributed by atoms with Crippen LogP contribution >= 0.6 is 0 Å². The van der Waals surface area contributed by atoms with Crippen LogP contribution in [0, 0.1) is 40.4 Å². The summed E-state index contributed by atoms with van der Waals surface area (Å²) < 4.78 is 5.93. The molecule has 0 aliphatic heterocycles. The third-order valence-corrected chi connectivity index (χ3v) is 8.66. The molecule has 0 N–H and O–H groups in total. The summed E-state index contributed by atoms with van der Waals surface area (Å²) in [5, 5.41) is 9.64. The highest BCUT2D eigenvalue weighted by Crippen LogP contribution is 2.43. The molecule has 0 saturated heterocycles. The molecule has 3 aliphatic carbocycles. The van der Waals surface area contributed by atoms with E-state index >= 15 is 0 Å². The van der Waals surface area contributed by atoms with Crippen molar-refractivity contribution in [2.75, 3.05) is 0 Å². The summed E-state index contributed by atoms with van der Waals surface area (Å²) in [6.45, 7) is 4.52. The van der Waals surface area contributed by atoms with E-state index < -0.39 is 0 Å². The lowest BCUT2D eigenvalue weighted by Crippen LogP contribution is -2.34. The first-order chi connectivity index (χ1) is 14.1. The number of nitriles is 1. The lowest BCUT2D eigenvalue weighted by atomic mass is 9.69. The zero-order chi connectivity index (χ0) is 20.7. The Balaban J connectivity index is 1.38. The fraction of sp³-hybridized carbons (Fsp3) is 0.923. The van der Waals surface area contributed by atoms with Crippen molar-refractivity contribution in [2.24, 2.45) is 29.1 Å². The van der Waals surface area contributed by atoms with Crippen molar-refractivity contribution in [3.8, 4) is 6.07 Å².